The summed E-state index contributed by atoms with van der Waals surface area (Å²) in [6.45, 7) is 0. The molecular formula is C5H3ClFNO2S. The molecule has 0 spiro atoms. The molecule has 60 valence electrons. The number of aromatic nitrogens is 1. The van der Waals surface area contributed by atoms with Gasteiger partial charge in [0.15, 0.2) is 16.9 Å². The van der Waals surface area contributed by atoms with Crippen molar-refractivity contribution in [3.8, 4) is 0 Å². The third-order valence-electron chi connectivity index (χ3n) is 0.975. The average Bonchev–Trinajstić information content (AvgIpc) is 1.94. The Labute approximate surface area is 69.5 Å². The van der Waals surface area contributed by atoms with Crippen LogP contribution in [0.2, 0.25) is 5.15 Å². The molecule has 0 radical (unpaired) electrons. The molecular weight excluding hydrogens is 193 g/mol. The molecule has 11 heavy (non-hydrogen) atoms. The first kappa shape index (κ1) is 8.58. The van der Waals surface area contributed by atoms with Gasteiger partial charge in [0.05, 0.1) is 6.20 Å². The zero-order valence-corrected chi connectivity index (χ0v) is 6.69. The molecule has 6 heteroatoms. The van der Waals surface area contributed by atoms with Gasteiger partial charge < -0.3 is 4.55 Å². The Hall–Kier alpha value is -0.520. The highest BCUT2D eigenvalue weighted by Gasteiger charge is 2.08. The lowest BCUT2D eigenvalue weighted by Crippen LogP contribution is -1.94. The van der Waals surface area contributed by atoms with E-state index >= 15 is 0 Å². The zero-order valence-electron chi connectivity index (χ0n) is 5.12. The highest BCUT2D eigenvalue weighted by Crippen LogP contribution is 2.13. The van der Waals surface area contributed by atoms with E-state index in [1.807, 2.05) is 0 Å². The van der Waals surface area contributed by atoms with Crippen LogP contribution in [0.5, 0.6) is 0 Å². The van der Waals surface area contributed by atoms with Gasteiger partial charge in [-0.05, 0) is 6.07 Å². The van der Waals surface area contributed by atoms with E-state index in [4.69, 9.17) is 16.2 Å². The van der Waals surface area contributed by atoms with Crippen LogP contribution >= 0.6 is 11.6 Å². The third-order valence-corrected chi connectivity index (χ3v) is 1.87. The predicted molar refractivity (Wildman–Crippen MR) is 38.2 cm³/mol. The van der Waals surface area contributed by atoms with Crippen LogP contribution in [0.25, 0.3) is 0 Å². The van der Waals surface area contributed by atoms with Crippen LogP contribution in [0.3, 0.4) is 0 Å². The Bertz CT molecular complexity index is 307. The Morgan fingerprint density at radius 2 is 2.36 bits per heavy atom. The van der Waals surface area contributed by atoms with Crippen LogP contribution in [-0.4, -0.2) is 13.7 Å². The zero-order chi connectivity index (χ0) is 8.43. The maximum atomic E-state index is 12.5. The summed E-state index contributed by atoms with van der Waals surface area (Å²) in [6.07, 6.45) is 0.797. The summed E-state index contributed by atoms with van der Waals surface area (Å²) in [7, 11) is 0. The van der Waals surface area contributed by atoms with Gasteiger partial charge in [-0.2, -0.15) is 0 Å². The molecule has 0 bridgehead atoms. The first-order valence-corrected chi connectivity index (χ1v) is 4.01. The van der Waals surface area contributed by atoms with Gasteiger partial charge in [0.1, 0.15) is 10.0 Å². The number of nitrogens with zero attached hydrogens (tertiary/aromatic N) is 1. The molecule has 1 aromatic heterocycles. The predicted octanol–water partition coefficient (Wildman–Crippen LogP) is 1.45. The van der Waals surface area contributed by atoms with Crippen molar-refractivity contribution in [1.29, 1.82) is 0 Å². The molecule has 0 aliphatic carbocycles. The van der Waals surface area contributed by atoms with Gasteiger partial charge in [-0.15, -0.1) is 0 Å². The van der Waals surface area contributed by atoms with E-state index in [0.717, 1.165) is 12.3 Å². The van der Waals surface area contributed by atoms with E-state index in [9.17, 15) is 8.60 Å². The largest absolute Gasteiger partial charge is 0.302 e. The lowest BCUT2D eigenvalue weighted by Gasteiger charge is -1.95. The highest BCUT2D eigenvalue weighted by atomic mass is 35.5. The number of halogens is 2. The minimum absolute atomic E-state index is 0.0104. The van der Waals surface area contributed by atoms with Gasteiger partial charge in [-0.3, -0.25) is 0 Å². The Kier molecular flexibility index (Phi) is 2.53. The van der Waals surface area contributed by atoms with Gasteiger partial charge in [0.25, 0.3) is 0 Å². The maximum absolute atomic E-state index is 12.5. The molecule has 1 heterocycles. The van der Waals surface area contributed by atoms with Crippen molar-refractivity contribution in [2.75, 3.05) is 0 Å². The minimum atomic E-state index is -2.35. The monoisotopic (exact) mass is 195 g/mol. The molecule has 0 aliphatic rings. The van der Waals surface area contributed by atoms with Gasteiger partial charge in [-0.1, -0.05) is 11.6 Å². The first-order valence-electron chi connectivity index (χ1n) is 2.53. The highest BCUT2D eigenvalue weighted by molar-refractivity contribution is 7.79. The van der Waals surface area contributed by atoms with Crippen molar-refractivity contribution in [3.05, 3.63) is 23.2 Å². The van der Waals surface area contributed by atoms with Crippen molar-refractivity contribution in [2.45, 2.75) is 4.90 Å². The van der Waals surface area contributed by atoms with Crippen LogP contribution in [0.15, 0.2) is 17.2 Å². The SMILES string of the molecule is O=S(O)c1cc(Cl)ncc1F. The molecule has 0 saturated heterocycles. The van der Waals surface area contributed by atoms with Crippen molar-refractivity contribution in [3.63, 3.8) is 0 Å². The van der Waals surface area contributed by atoms with Crippen LogP contribution in [-0.2, 0) is 11.1 Å². The van der Waals surface area contributed by atoms with Crippen molar-refractivity contribution < 1.29 is 13.2 Å². The lowest BCUT2D eigenvalue weighted by molar-refractivity contribution is 0.542. The van der Waals surface area contributed by atoms with Crippen molar-refractivity contribution >= 4 is 22.7 Å². The summed E-state index contributed by atoms with van der Waals surface area (Å²) in [6, 6.07) is 1.01. The molecule has 3 nitrogen and oxygen atoms in total. The first-order chi connectivity index (χ1) is 5.11. The summed E-state index contributed by atoms with van der Waals surface area (Å²) in [4.78, 5) is 3.01. The Balaban J connectivity index is 3.23. The Morgan fingerprint density at radius 3 is 2.82 bits per heavy atom. The van der Waals surface area contributed by atoms with E-state index in [1.165, 1.54) is 0 Å². The molecule has 1 aromatic rings. The maximum Gasteiger partial charge on any atom is 0.189 e. The molecule has 0 amide bonds. The van der Waals surface area contributed by atoms with E-state index in [2.05, 4.69) is 4.98 Å². The summed E-state index contributed by atoms with van der Waals surface area (Å²) in [5, 5.41) is -0.0104. The molecule has 1 N–H and O–H groups in total. The summed E-state index contributed by atoms with van der Waals surface area (Å²) < 4.78 is 31.4. The topological polar surface area (TPSA) is 50.2 Å². The standard InChI is InChI=1S/C5H3ClFNO2S/c6-5-1-4(11(9)10)3(7)2-8-5/h1-2H,(H,9,10). The fourth-order valence-corrected chi connectivity index (χ4v) is 1.18. The van der Waals surface area contributed by atoms with E-state index in [-0.39, 0.29) is 10.0 Å². The van der Waals surface area contributed by atoms with Gasteiger partial charge in [0, 0.05) is 0 Å². The number of hydrogen-bond acceptors (Lipinski definition) is 2. The molecule has 0 aliphatic heterocycles. The number of rotatable bonds is 1. The van der Waals surface area contributed by atoms with E-state index in [0.29, 0.717) is 0 Å². The molecule has 1 unspecified atom stereocenters. The summed E-state index contributed by atoms with van der Waals surface area (Å²) >= 11 is 2.99. The fraction of sp³-hybridized carbons (Fsp3) is 0. The van der Waals surface area contributed by atoms with E-state index in [1.54, 1.807) is 0 Å². The molecule has 0 fully saturated rings. The van der Waals surface area contributed by atoms with Gasteiger partial charge in [0.2, 0.25) is 0 Å². The fourth-order valence-electron chi connectivity index (χ4n) is 0.530. The second-order valence-corrected chi connectivity index (χ2v) is 3.01. The molecule has 0 aromatic carbocycles. The second kappa shape index (κ2) is 3.25. The van der Waals surface area contributed by atoms with Crippen LogP contribution < -0.4 is 0 Å². The summed E-state index contributed by atoms with van der Waals surface area (Å²) in [5.74, 6) is -0.838. The van der Waals surface area contributed by atoms with Crippen LogP contribution in [0, 0.1) is 5.82 Å². The third kappa shape index (κ3) is 1.95. The number of pyridine rings is 1. The number of hydrogen-bond donors (Lipinski definition) is 1. The Morgan fingerprint density at radius 1 is 1.73 bits per heavy atom. The molecule has 0 saturated carbocycles. The lowest BCUT2D eigenvalue weighted by atomic mass is 10.5. The van der Waals surface area contributed by atoms with E-state index < -0.39 is 16.9 Å². The average molecular weight is 196 g/mol. The van der Waals surface area contributed by atoms with Gasteiger partial charge >= 0.3 is 0 Å². The van der Waals surface area contributed by atoms with Crippen molar-refractivity contribution in [2.24, 2.45) is 0 Å². The quantitative estimate of drug-likeness (QED) is 0.545. The molecule has 1 rings (SSSR count). The van der Waals surface area contributed by atoms with Crippen molar-refractivity contribution in [1.82, 2.24) is 4.98 Å². The normalized spacial score (nSPS) is 13.0. The second-order valence-electron chi connectivity index (χ2n) is 1.69. The minimum Gasteiger partial charge on any atom is -0.302 e. The smallest absolute Gasteiger partial charge is 0.189 e. The summed E-state index contributed by atoms with van der Waals surface area (Å²) in [5.41, 5.74) is 0. The van der Waals surface area contributed by atoms with Crippen LogP contribution in [0.1, 0.15) is 0 Å². The van der Waals surface area contributed by atoms with Crippen LogP contribution in [0.4, 0.5) is 4.39 Å². The molecule has 1 atom stereocenters. The van der Waals surface area contributed by atoms with Gasteiger partial charge in [-0.25, -0.2) is 13.6 Å².